The molecule has 0 atom stereocenters. The van der Waals surface area contributed by atoms with Gasteiger partial charge in [0, 0.05) is 161 Å². The molecule has 10 aromatic carbocycles. The van der Waals surface area contributed by atoms with E-state index in [-0.39, 0.29) is 23.9 Å². The fraction of sp³-hybridized carbons (Fsp3) is 0.290. The van der Waals surface area contributed by atoms with Gasteiger partial charge in [-0.05, 0) is 176 Å². The third kappa shape index (κ3) is 26.4. The zero-order valence-corrected chi connectivity index (χ0v) is 87.6. The first-order chi connectivity index (χ1) is 69.6. The number of rotatable bonds is 37. The van der Waals surface area contributed by atoms with Gasteiger partial charge in [0.2, 0.25) is 40.1 Å². The molecule has 5 heterocycles. The highest BCUT2D eigenvalue weighted by Crippen LogP contribution is 2.43. The Morgan fingerprint density at radius 2 is 0.662 bits per heavy atom. The highest BCUT2D eigenvalue weighted by Gasteiger charge is 2.28. The van der Waals surface area contributed by atoms with E-state index in [1.807, 2.05) is 187 Å². The summed E-state index contributed by atoms with van der Waals surface area (Å²) in [6.07, 6.45) is 2.25. The summed E-state index contributed by atoms with van der Waals surface area (Å²) in [7, 11) is 2.76. The van der Waals surface area contributed by atoms with Crippen LogP contribution in [0.5, 0.6) is 28.7 Å². The molecule has 3 N–H and O–H groups in total. The molecule has 0 unspecified atom stereocenters. The molecule has 15 aromatic rings. The quantitative estimate of drug-likeness (QED) is 0.0304. The average molecular weight is 2060 g/mol. The maximum Gasteiger partial charge on any atom is 0.411 e. The molecule has 1 amide bonds. The Bertz CT molecular complexity index is 7890. The summed E-state index contributed by atoms with van der Waals surface area (Å²) in [5.41, 5.74) is 19.0. The van der Waals surface area contributed by atoms with E-state index >= 15 is 0 Å². The molecular weight excluding hydrogens is 1950 g/mol. The van der Waals surface area contributed by atoms with Gasteiger partial charge in [-0.1, -0.05) is 78.9 Å². The number of aromatic nitrogens is 5. The monoisotopic (exact) mass is 2060 g/mol. The third-order valence-electron chi connectivity index (χ3n) is 23.9. The van der Waals surface area contributed by atoms with Crippen molar-refractivity contribution in [2.45, 2.75) is 79.9 Å². The largest absolute Gasteiger partial charge is 0.497 e. The van der Waals surface area contributed by atoms with Crippen molar-refractivity contribution < 1.29 is 81.1 Å². The third-order valence-corrected chi connectivity index (χ3v) is 29.4. The number of benzene rings is 10. The van der Waals surface area contributed by atoms with Crippen LogP contribution in [0.4, 0.5) is 21.9 Å². The number of nitrogens with one attached hydrogen (secondary N) is 3. The van der Waals surface area contributed by atoms with Gasteiger partial charge in [0.15, 0.2) is 0 Å². The number of carbonyl (C=O) groups excluding carboxylic acids is 1. The van der Waals surface area contributed by atoms with Crippen LogP contribution in [-0.4, -0.2) is 199 Å². The number of carbonyl (C=O) groups is 1. The summed E-state index contributed by atoms with van der Waals surface area (Å²) in [5, 5.41) is 56.2. The van der Waals surface area contributed by atoms with Crippen molar-refractivity contribution >= 4 is 129 Å². The Hall–Kier alpha value is -14.9. The molecule has 38 heteroatoms. The minimum absolute atomic E-state index is 0.000419. The van der Waals surface area contributed by atoms with Crippen LogP contribution < -0.4 is 38.4 Å². The highest BCUT2D eigenvalue weighted by molar-refractivity contribution is 7.93. The molecular formula is C107H116ClN15O18S4. The SMILES string of the molecule is CCOC(=O)Nc1ccc(-c2c(C#N)c3ccc(OC)cc3n2CCOC)cc1.CCS(=O)(=O)Nc1ccc(-c2c(C#N)c3ccc(OC)cc3n2CCOC)cc1.CCn1c(-c2ccc(CN(C)S(C)(=O)=O)cc2)c(C#N)c2ccc(OC)cc21.CCn1c(-c2cccc(CN(C)S(C)(=O)=O)c2)c(C#N)c2ccc(OC)cc21.COCCn1c(-c2ccc(NS(=O)(=O)CCCCl)cc2)c(C#N)c2ccc(OC)cc21. The van der Waals surface area contributed by atoms with Gasteiger partial charge in [-0.2, -0.15) is 26.3 Å². The standard InChI is InChI=1S/C22H24ClN3O4S.C22H23N3O4.C21H23N3O4S.2C21H23N3O3S/c1-29-12-11-26-21-14-18(30-2)8-9-19(21)20(15-24)22(26)16-4-6-17(7-5-16)25-31(27,28)13-3-10-23;1-4-29-22(26)24-16-7-5-15(6-8-16)21-19(14-23)18-10-9-17(28-3)13-20(18)25(21)11-12-27-2;1-4-29(25,26)23-16-7-5-15(6-8-16)21-19(14-22)18-10-9-17(28-3)13-20(18)24(21)11-12-27-2;1-5-24-20-12-17(27-3)10-11-18(20)19(13-22)21(24)16-8-6-15(7-9-16)14-23(2)28(4,25)26;1-5-24-20-12-17(27-3)9-10-18(20)19(13-22)21(24)16-8-6-7-15(11-16)14-23(2)28(4,25)26/h4-9,14,25H,3,10-13H2,1-2H3;5-10,13H,4,11-12H2,1-3H3,(H,24,26);5-10,13,23H,4,11-12H2,1-3H3;2*6-12H,5,14H2,1-4H3. The van der Waals surface area contributed by atoms with Crippen LogP contribution >= 0.6 is 11.6 Å². The molecule has 758 valence electrons. The fourth-order valence-corrected chi connectivity index (χ4v) is 19.5. The second kappa shape index (κ2) is 50.4. The Labute approximate surface area is 851 Å². The van der Waals surface area contributed by atoms with Crippen molar-refractivity contribution in [3.05, 3.63) is 251 Å². The summed E-state index contributed by atoms with van der Waals surface area (Å²) < 4.78 is 160. The van der Waals surface area contributed by atoms with E-state index in [0.29, 0.717) is 128 Å². The zero-order valence-electron chi connectivity index (χ0n) is 83.5. The number of hydrogen-bond acceptors (Lipinski definition) is 23. The molecule has 0 aliphatic rings. The van der Waals surface area contributed by atoms with Crippen LogP contribution in [0.3, 0.4) is 0 Å². The topological polar surface area (TPSA) is 423 Å². The molecule has 0 spiro atoms. The Kier molecular flexibility index (Phi) is 38.4. The highest BCUT2D eigenvalue weighted by atomic mass is 35.5. The minimum Gasteiger partial charge on any atom is -0.497 e. The lowest BCUT2D eigenvalue weighted by Gasteiger charge is -2.15. The van der Waals surface area contributed by atoms with Gasteiger partial charge in [-0.25, -0.2) is 47.1 Å². The van der Waals surface area contributed by atoms with E-state index in [2.05, 4.69) is 58.8 Å². The number of sulfonamides is 4. The summed E-state index contributed by atoms with van der Waals surface area (Å²) in [6, 6.07) is 76.6. The minimum atomic E-state index is -3.46. The summed E-state index contributed by atoms with van der Waals surface area (Å²) >= 11 is 5.59. The summed E-state index contributed by atoms with van der Waals surface area (Å²) in [5.74, 6) is 3.85. The first kappa shape index (κ1) is 110. The Morgan fingerprint density at radius 3 is 0.952 bits per heavy atom. The van der Waals surface area contributed by atoms with Crippen LogP contribution in [0.25, 0.3) is 111 Å². The number of fused-ring (bicyclic) bond motifs is 5. The molecule has 0 bridgehead atoms. The van der Waals surface area contributed by atoms with Crippen LogP contribution in [0.1, 0.15) is 73.1 Å². The second-order valence-electron chi connectivity index (χ2n) is 33.0. The molecule has 0 saturated carbocycles. The number of hydrogen-bond donors (Lipinski definition) is 3. The van der Waals surface area contributed by atoms with Gasteiger partial charge < -0.3 is 65.5 Å². The molecule has 33 nitrogen and oxygen atoms in total. The maximum atomic E-state index is 12.1. The Morgan fingerprint density at radius 1 is 0.366 bits per heavy atom. The van der Waals surface area contributed by atoms with Crippen LogP contribution in [0.15, 0.2) is 212 Å². The number of ether oxygens (including phenoxy) is 9. The van der Waals surface area contributed by atoms with Gasteiger partial charge >= 0.3 is 6.09 Å². The number of alkyl halides is 1. The molecule has 0 fully saturated rings. The fourth-order valence-electron chi connectivity index (χ4n) is 16.7. The molecule has 0 aliphatic carbocycles. The van der Waals surface area contributed by atoms with Crippen molar-refractivity contribution in [1.82, 2.24) is 31.4 Å². The van der Waals surface area contributed by atoms with E-state index in [1.165, 1.54) is 21.1 Å². The number of methoxy groups -OCH3 is 8. The number of aryl methyl sites for hydroxylation is 2. The van der Waals surface area contributed by atoms with Gasteiger partial charge in [0.05, 0.1) is 170 Å². The van der Waals surface area contributed by atoms with E-state index < -0.39 is 46.2 Å². The maximum absolute atomic E-state index is 12.1. The number of anilines is 3. The van der Waals surface area contributed by atoms with Crippen molar-refractivity contribution in [3.8, 4) is 115 Å². The Balaban J connectivity index is 0.000000173. The van der Waals surface area contributed by atoms with Gasteiger partial charge in [-0.15, -0.1) is 11.6 Å². The smallest absolute Gasteiger partial charge is 0.411 e. The molecule has 145 heavy (non-hydrogen) atoms. The summed E-state index contributed by atoms with van der Waals surface area (Å²) in [4.78, 5) is 11.6. The average Bonchev–Trinajstić information content (AvgIpc) is 1.63. The lowest BCUT2D eigenvalue weighted by molar-refractivity contribution is 0.168. The number of nitrogens with zero attached hydrogens (tertiary/aromatic N) is 12. The second-order valence-corrected chi connectivity index (χ2v) is 41.4. The van der Waals surface area contributed by atoms with E-state index in [0.717, 1.165) is 139 Å². The number of amides is 1. The van der Waals surface area contributed by atoms with Crippen LogP contribution in [-0.2, 0) is 105 Å². The zero-order chi connectivity index (χ0) is 105. The molecule has 0 saturated heterocycles. The molecule has 15 rings (SSSR count). The lowest BCUT2D eigenvalue weighted by atomic mass is 10.0. The van der Waals surface area contributed by atoms with Crippen molar-refractivity contribution in [2.75, 3.05) is 142 Å². The first-order valence-corrected chi connectivity index (χ1v) is 53.4. The van der Waals surface area contributed by atoms with Crippen LogP contribution in [0, 0.1) is 56.7 Å². The predicted molar refractivity (Wildman–Crippen MR) is 569 cm³/mol. The number of halogens is 1. The van der Waals surface area contributed by atoms with Crippen LogP contribution in [0.2, 0.25) is 0 Å². The van der Waals surface area contributed by atoms with E-state index in [9.17, 15) is 64.8 Å². The van der Waals surface area contributed by atoms with Gasteiger partial charge in [-0.3, -0.25) is 14.8 Å². The first-order valence-electron chi connectivity index (χ1n) is 45.9. The molecule has 0 radical (unpaired) electrons. The van der Waals surface area contributed by atoms with Crippen molar-refractivity contribution in [2.24, 2.45) is 0 Å². The lowest BCUT2D eigenvalue weighted by Crippen LogP contribution is -2.24. The van der Waals surface area contributed by atoms with Crippen molar-refractivity contribution in [1.29, 1.82) is 26.3 Å². The number of nitriles is 5. The van der Waals surface area contributed by atoms with Gasteiger partial charge in [0.1, 0.15) is 59.1 Å². The predicted octanol–water partition coefficient (Wildman–Crippen LogP) is 19.4. The molecule has 5 aromatic heterocycles. The van der Waals surface area contributed by atoms with Crippen molar-refractivity contribution in [3.63, 3.8) is 0 Å². The molecule has 0 aliphatic heterocycles. The normalized spacial score (nSPS) is 11.4. The van der Waals surface area contributed by atoms with E-state index in [4.69, 9.17) is 54.2 Å². The summed E-state index contributed by atoms with van der Waals surface area (Å²) in [6.45, 7) is 12.8. The van der Waals surface area contributed by atoms with Gasteiger partial charge in [0.25, 0.3) is 0 Å². The van der Waals surface area contributed by atoms with E-state index in [1.54, 1.807) is 133 Å².